The van der Waals surface area contributed by atoms with E-state index in [0.29, 0.717) is 24.8 Å². The smallest absolute Gasteiger partial charge is 0.310 e. The van der Waals surface area contributed by atoms with Gasteiger partial charge in [-0.25, -0.2) is 0 Å². The van der Waals surface area contributed by atoms with E-state index < -0.39 is 4.92 Å². The van der Waals surface area contributed by atoms with Gasteiger partial charge in [0, 0.05) is 12.6 Å². The molecule has 0 spiro atoms. The predicted octanol–water partition coefficient (Wildman–Crippen LogP) is 3.69. The molecular weight excluding hydrogens is 268 g/mol. The molecule has 0 atom stereocenters. The number of hydrogen-bond donors (Lipinski definition) is 1. The highest BCUT2D eigenvalue weighted by molar-refractivity contribution is 5.48. The van der Waals surface area contributed by atoms with Gasteiger partial charge < -0.3 is 10.1 Å². The van der Waals surface area contributed by atoms with Crippen LogP contribution in [-0.2, 0) is 6.54 Å². The number of allylic oxidation sites excluding steroid dienone is 1. The monoisotopic (exact) mass is 292 g/mol. The number of hydrogen-bond acceptors (Lipinski definition) is 4. The lowest BCUT2D eigenvalue weighted by atomic mass is 10.1. The van der Waals surface area contributed by atoms with Crippen LogP contribution in [0.1, 0.15) is 33.3 Å². The number of nitro benzene ring substituents is 1. The van der Waals surface area contributed by atoms with Crippen LogP contribution in [-0.4, -0.2) is 18.1 Å². The lowest BCUT2D eigenvalue weighted by molar-refractivity contribution is -0.385. The van der Waals surface area contributed by atoms with Gasteiger partial charge in [-0.3, -0.25) is 10.1 Å². The Hall–Kier alpha value is -1.88. The molecule has 5 nitrogen and oxygen atoms in total. The minimum absolute atomic E-state index is 0.00441. The van der Waals surface area contributed by atoms with E-state index >= 15 is 0 Å². The van der Waals surface area contributed by atoms with Crippen molar-refractivity contribution in [3.63, 3.8) is 0 Å². The van der Waals surface area contributed by atoms with Crippen LogP contribution in [0.4, 0.5) is 5.69 Å². The number of nitrogens with one attached hydrogen (secondary N) is 1. The van der Waals surface area contributed by atoms with Crippen molar-refractivity contribution in [1.82, 2.24) is 5.32 Å². The minimum atomic E-state index is -0.414. The van der Waals surface area contributed by atoms with E-state index in [0.717, 1.165) is 17.7 Å². The minimum Gasteiger partial charge on any atom is -0.483 e. The van der Waals surface area contributed by atoms with Gasteiger partial charge in [0.25, 0.3) is 0 Å². The second kappa shape index (κ2) is 8.42. The fourth-order valence-corrected chi connectivity index (χ4v) is 1.74. The topological polar surface area (TPSA) is 64.4 Å². The molecule has 116 valence electrons. The molecule has 0 fully saturated rings. The van der Waals surface area contributed by atoms with Crippen LogP contribution < -0.4 is 10.1 Å². The lowest BCUT2D eigenvalue weighted by Crippen LogP contribution is -2.19. The second-order valence-electron chi connectivity index (χ2n) is 5.68. The van der Waals surface area contributed by atoms with E-state index in [9.17, 15) is 10.1 Å². The van der Waals surface area contributed by atoms with E-state index in [1.165, 1.54) is 6.07 Å². The summed E-state index contributed by atoms with van der Waals surface area (Å²) in [5.41, 5.74) is 2.10. The van der Waals surface area contributed by atoms with E-state index in [2.05, 4.69) is 19.2 Å². The Morgan fingerprint density at radius 2 is 2.14 bits per heavy atom. The van der Waals surface area contributed by atoms with E-state index in [4.69, 9.17) is 4.74 Å². The first kappa shape index (κ1) is 17.2. The average molecular weight is 292 g/mol. The van der Waals surface area contributed by atoms with Crippen molar-refractivity contribution in [1.29, 1.82) is 0 Å². The molecule has 0 aromatic heterocycles. The number of benzene rings is 1. The van der Waals surface area contributed by atoms with E-state index in [1.54, 1.807) is 12.1 Å². The van der Waals surface area contributed by atoms with Gasteiger partial charge in [-0.1, -0.05) is 25.5 Å². The molecule has 0 saturated heterocycles. The van der Waals surface area contributed by atoms with Gasteiger partial charge in [0.15, 0.2) is 5.75 Å². The van der Waals surface area contributed by atoms with Crippen LogP contribution >= 0.6 is 0 Å². The third-order valence-electron chi connectivity index (χ3n) is 2.83. The Balaban J connectivity index is 2.80. The zero-order valence-corrected chi connectivity index (χ0v) is 13.2. The molecule has 0 saturated carbocycles. The fourth-order valence-electron chi connectivity index (χ4n) is 1.74. The predicted molar refractivity (Wildman–Crippen MR) is 84.6 cm³/mol. The van der Waals surface area contributed by atoms with Crippen LogP contribution in [0, 0.1) is 16.0 Å². The summed E-state index contributed by atoms with van der Waals surface area (Å²) in [6.07, 6.45) is 1.90. The van der Waals surface area contributed by atoms with Crippen molar-refractivity contribution < 1.29 is 9.66 Å². The first-order valence-electron chi connectivity index (χ1n) is 7.14. The summed E-state index contributed by atoms with van der Waals surface area (Å²) < 4.78 is 5.53. The molecule has 0 radical (unpaired) electrons. The Bertz CT molecular complexity index is 506. The summed E-state index contributed by atoms with van der Waals surface area (Å²) in [7, 11) is 0. The second-order valence-corrected chi connectivity index (χ2v) is 5.68. The molecule has 0 unspecified atom stereocenters. The standard InChI is InChI=1S/C16H24N2O3/c1-12(2)7-8-21-16-9-14(11-17-10-13(3)4)5-6-15(16)18(19)20/h5-7,9,13,17H,8,10-11H2,1-4H3. The molecule has 0 amide bonds. The maximum absolute atomic E-state index is 11.0. The number of nitro groups is 1. The number of rotatable bonds is 8. The van der Waals surface area contributed by atoms with Gasteiger partial charge in [-0.2, -0.15) is 0 Å². The zero-order chi connectivity index (χ0) is 15.8. The molecule has 5 heteroatoms. The third kappa shape index (κ3) is 6.40. The SMILES string of the molecule is CC(C)=CCOc1cc(CNCC(C)C)ccc1[N+](=O)[O-]. The number of nitrogens with zero attached hydrogens (tertiary/aromatic N) is 1. The van der Waals surface area contributed by atoms with Gasteiger partial charge in [-0.15, -0.1) is 0 Å². The van der Waals surface area contributed by atoms with Crippen molar-refractivity contribution in [2.45, 2.75) is 34.2 Å². The fraction of sp³-hybridized carbons (Fsp3) is 0.500. The Kier molecular flexibility index (Phi) is 6.88. The first-order valence-corrected chi connectivity index (χ1v) is 7.14. The van der Waals surface area contributed by atoms with Crippen molar-refractivity contribution in [3.8, 4) is 5.75 Å². The summed E-state index contributed by atoms with van der Waals surface area (Å²) >= 11 is 0. The highest BCUT2D eigenvalue weighted by atomic mass is 16.6. The van der Waals surface area contributed by atoms with Crippen molar-refractivity contribution >= 4 is 5.69 Å². The summed E-state index contributed by atoms with van der Waals surface area (Å²) in [5, 5.41) is 14.3. The molecule has 0 bridgehead atoms. The van der Waals surface area contributed by atoms with Crippen molar-refractivity contribution in [3.05, 3.63) is 45.5 Å². The maximum atomic E-state index is 11.0. The van der Waals surface area contributed by atoms with E-state index in [1.807, 2.05) is 19.9 Å². The third-order valence-corrected chi connectivity index (χ3v) is 2.83. The zero-order valence-electron chi connectivity index (χ0n) is 13.2. The van der Waals surface area contributed by atoms with Crippen molar-refractivity contribution in [2.24, 2.45) is 5.92 Å². The van der Waals surface area contributed by atoms with Crippen molar-refractivity contribution in [2.75, 3.05) is 13.2 Å². The summed E-state index contributed by atoms with van der Waals surface area (Å²) in [6.45, 7) is 10.1. The molecule has 1 N–H and O–H groups in total. The van der Waals surface area contributed by atoms with Crippen LogP contribution in [0.5, 0.6) is 5.75 Å². The van der Waals surface area contributed by atoms with Gasteiger partial charge in [0.1, 0.15) is 6.61 Å². The molecule has 0 heterocycles. The van der Waals surface area contributed by atoms with E-state index in [-0.39, 0.29) is 5.69 Å². The summed E-state index contributed by atoms with van der Waals surface area (Å²) in [5.74, 6) is 0.887. The quantitative estimate of drug-likeness (QED) is 0.451. The summed E-state index contributed by atoms with van der Waals surface area (Å²) in [4.78, 5) is 10.6. The maximum Gasteiger partial charge on any atom is 0.310 e. The van der Waals surface area contributed by atoms with Crippen LogP contribution in [0.25, 0.3) is 0 Å². The largest absolute Gasteiger partial charge is 0.483 e. The molecule has 1 aromatic rings. The molecule has 0 aliphatic rings. The van der Waals surface area contributed by atoms with Crippen LogP contribution in [0.15, 0.2) is 29.8 Å². The summed E-state index contributed by atoms with van der Waals surface area (Å²) in [6, 6.07) is 5.01. The highest BCUT2D eigenvalue weighted by Gasteiger charge is 2.15. The highest BCUT2D eigenvalue weighted by Crippen LogP contribution is 2.28. The molecule has 1 rings (SSSR count). The Morgan fingerprint density at radius 1 is 1.43 bits per heavy atom. The molecule has 1 aromatic carbocycles. The first-order chi connectivity index (χ1) is 9.90. The number of ether oxygens (including phenoxy) is 1. The van der Waals surface area contributed by atoms with Crippen LogP contribution in [0.3, 0.4) is 0 Å². The van der Waals surface area contributed by atoms with Gasteiger partial charge in [0.2, 0.25) is 0 Å². The van der Waals surface area contributed by atoms with Gasteiger partial charge >= 0.3 is 5.69 Å². The molecular formula is C16H24N2O3. The van der Waals surface area contributed by atoms with Gasteiger partial charge in [0.05, 0.1) is 4.92 Å². The average Bonchev–Trinajstić information content (AvgIpc) is 2.37. The normalized spacial score (nSPS) is 10.5. The molecule has 21 heavy (non-hydrogen) atoms. The van der Waals surface area contributed by atoms with Crippen LogP contribution in [0.2, 0.25) is 0 Å². The Labute approximate surface area is 126 Å². The Morgan fingerprint density at radius 3 is 2.71 bits per heavy atom. The molecule has 0 aliphatic heterocycles. The lowest BCUT2D eigenvalue weighted by Gasteiger charge is -2.10. The van der Waals surface area contributed by atoms with Gasteiger partial charge in [-0.05, 0) is 44.0 Å². The molecule has 0 aliphatic carbocycles.